The first-order chi connectivity index (χ1) is 11.5. The number of morpholine rings is 1. The first kappa shape index (κ1) is 14.9. The standard InChI is InChI=1S/C15H14F2N4O3/c16-15(17)23-11-3-1-2-9(13(11)24-15)10-8-12(20-14(18)19-10)21-4-6-22-7-5-21/h1-3,8H,4-7H2,(H2,18,19,20). The Bertz CT molecular complexity index is 781. The second-order valence-corrected chi connectivity index (χ2v) is 5.37. The molecule has 0 radical (unpaired) electrons. The Morgan fingerprint density at radius 3 is 2.71 bits per heavy atom. The van der Waals surface area contributed by atoms with Gasteiger partial charge in [-0.3, -0.25) is 0 Å². The fourth-order valence-electron chi connectivity index (χ4n) is 2.72. The highest BCUT2D eigenvalue weighted by atomic mass is 19.3. The Hall–Kier alpha value is -2.68. The van der Waals surface area contributed by atoms with Crippen molar-refractivity contribution in [3.05, 3.63) is 24.3 Å². The van der Waals surface area contributed by atoms with Crippen LogP contribution < -0.4 is 20.1 Å². The maximum atomic E-state index is 13.4. The molecule has 4 rings (SSSR count). The third kappa shape index (κ3) is 2.67. The molecule has 0 spiro atoms. The zero-order valence-corrected chi connectivity index (χ0v) is 12.5. The summed E-state index contributed by atoms with van der Waals surface area (Å²) < 4.78 is 41.1. The highest BCUT2D eigenvalue weighted by Gasteiger charge is 2.44. The van der Waals surface area contributed by atoms with Crippen LogP contribution in [0.25, 0.3) is 11.3 Å². The second kappa shape index (κ2) is 5.45. The fourth-order valence-corrected chi connectivity index (χ4v) is 2.72. The second-order valence-electron chi connectivity index (χ2n) is 5.37. The maximum Gasteiger partial charge on any atom is 0.586 e. The van der Waals surface area contributed by atoms with Crippen molar-refractivity contribution in [1.82, 2.24) is 9.97 Å². The van der Waals surface area contributed by atoms with Crippen LogP contribution in [0.3, 0.4) is 0 Å². The van der Waals surface area contributed by atoms with Gasteiger partial charge in [-0.1, -0.05) is 6.07 Å². The number of fused-ring (bicyclic) bond motifs is 1. The summed E-state index contributed by atoms with van der Waals surface area (Å²) in [6.45, 7) is 2.51. The predicted octanol–water partition coefficient (Wildman–Crippen LogP) is 1.88. The number of nitrogen functional groups attached to an aromatic ring is 1. The fraction of sp³-hybridized carbons (Fsp3) is 0.333. The van der Waals surface area contributed by atoms with Crippen LogP contribution in [0.5, 0.6) is 11.5 Å². The summed E-state index contributed by atoms with van der Waals surface area (Å²) in [5, 5.41) is 0. The molecular weight excluding hydrogens is 322 g/mol. The van der Waals surface area contributed by atoms with E-state index in [0.29, 0.717) is 43.4 Å². The van der Waals surface area contributed by atoms with Crippen molar-refractivity contribution in [2.24, 2.45) is 0 Å². The largest absolute Gasteiger partial charge is 0.586 e. The van der Waals surface area contributed by atoms with Gasteiger partial charge in [0.15, 0.2) is 11.5 Å². The van der Waals surface area contributed by atoms with Crippen LogP contribution in [0.1, 0.15) is 0 Å². The zero-order chi connectivity index (χ0) is 16.7. The average Bonchev–Trinajstić information content (AvgIpc) is 2.88. The van der Waals surface area contributed by atoms with Crippen LogP contribution in [-0.2, 0) is 4.74 Å². The number of nitrogens with two attached hydrogens (primary N) is 1. The van der Waals surface area contributed by atoms with E-state index in [1.54, 1.807) is 18.2 Å². The van der Waals surface area contributed by atoms with Crippen molar-refractivity contribution in [1.29, 1.82) is 0 Å². The van der Waals surface area contributed by atoms with Crippen molar-refractivity contribution < 1.29 is 23.0 Å². The molecule has 2 aliphatic heterocycles. The number of alkyl halides is 2. The summed E-state index contributed by atoms with van der Waals surface area (Å²) in [6.07, 6.45) is -3.69. The van der Waals surface area contributed by atoms with Crippen LogP contribution in [0, 0.1) is 0 Å². The minimum atomic E-state index is -3.69. The van der Waals surface area contributed by atoms with Crippen molar-refractivity contribution in [3.63, 3.8) is 0 Å². The van der Waals surface area contributed by atoms with Gasteiger partial charge in [-0.2, -0.15) is 4.98 Å². The topological polar surface area (TPSA) is 82.7 Å². The molecule has 24 heavy (non-hydrogen) atoms. The number of ether oxygens (including phenoxy) is 3. The minimum absolute atomic E-state index is 0.0393. The Morgan fingerprint density at radius 1 is 1.12 bits per heavy atom. The van der Waals surface area contributed by atoms with Gasteiger partial charge in [-0.15, -0.1) is 8.78 Å². The van der Waals surface area contributed by atoms with E-state index in [-0.39, 0.29) is 17.4 Å². The number of anilines is 2. The molecule has 0 bridgehead atoms. The van der Waals surface area contributed by atoms with E-state index < -0.39 is 6.29 Å². The number of benzene rings is 1. The van der Waals surface area contributed by atoms with Gasteiger partial charge in [0.2, 0.25) is 5.95 Å². The van der Waals surface area contributed by atoms with Crippen LogP contribution in [0.4, 0.5) is 20.5 Å². The van der Waals surface area contributed by atoms with Crippen molar-refractivity contribution in [3.8, 4) is 22.8 Å². The molecule has 2 aromatic rings. The molecule has 7 nitrogen and oxygen atoms in total. The molecule has 1 fully saturated rings. The lowest BCUT2D eigenvalue weighted by atomic mass is 10.1. The number of hydrogen-bond acceptors (Lipinski definition) is 7. The highest BCUT2D eigenvalue weighted by molar-refractivity contribution is 5.74. The number of nitrogens with zero attached hydrogens (tertiary/aromatic N) is 3. The van der Waals surface area contributed by atoms with E-state index in [1.807, 2.05) is 4.90 Å². The first-order valence-electron chi connectivity index (χ1n) is 7.38. The van der Waals surface area contributed by atoms with Crippen molar-refractivity contribution in [2.45, 2.75) is 6.29 Å². The SMILES string of the molecule is Nc1nc(-c2cccc3c2OC(F)(F)O3)cc(N2CCOCC2)n1. The molecule has 2 aliphatic rings. The van der Waals surface area contributed by atoms with Crippen LogP contribution in [-0.4, -0.2) is 42.6 Å². The third-order valence-corrected chi connectivity index (χ3v) is 3.77. The average molecular weight is 336 g/mol. The van der Waals surface area contributed by atoms with E-state index in [9.17, 15) is 8.78 Å². The summed E-state index contributed by atoms with van der Waals surface area (Å²) >= 11 is 0. The number of hydrogen-bond donors (Lipinski definition) is 1. The maximum absolute atomic E-state index is 13.4. The van der Waals surface area contributed by atoms with Gasteiger partial charge < -0.3 is 24.8 Å². The smallest absolute Gasteiger partial charge is 0.395 e. The van der Waals surface area contributed by atoms with E-state index in [2.05, 4.69) is 19.4 Å². The zero-order valence-electron chi connectivity index (χ0n) is 12.5. The van der Waals surface area contributed by atoms with Crippen molar-refractivity contribution >= 4 is 11.8 Å². The molecule has 1 aromatic carbocycles. The molecule has 0 aliphatic carbocycles. The van der Waals surface area contributed by atoms with Gasteiger partial charge in [0.05, 0.1) is 18.9 Å². The Balaban J connectivity index is 1.76. The molecule has 126 valence electrons. The van der Waals surface area contributed by atoms with Gasteiger partial charge in [0, 0.05) is 24.7 Å². The molecule has 0 amide bonds. The summed E-state index contributed by atoms with van der Waals surface area (Å²) in [5.74, 6) is 0.567. The van der Waals surface area contributed by atoms with Gasteiger partial charge in [0.1, 0.15) is 5.82 Å². The quantitative estimate of drug-likeness (QED) is 0.896. The molecule has 9 heteroatoms. The van der Waals surface area contributed by atoms with Gasteiger partial charge in [-0.25, -0.2) is 4.98 Å². The summed E-state index contributed by atoms with van der Waals surface area (Å²) in [5.41, 5.74) is 6.56. The Morgan fingerprint density at radius 2 is 1.92 bits per heavy atom. The van der Waals surface area contributed by atoms with Gasteiger partial charge in [-0.05, 0) is 12.1 Å². The molecule has 3 heterocycles. The van der Waals surface area contributed by atoms with E-state index in [1.165, 1.54) is 6.07 Å². The summed E-state index contributed by atoms with van der Waals surface area (Å²) in [6, 6.07) is 6.31. The highest BCUT2D eigenvalue weighted by Crippen LogP contribution is 2.46. The molecule has 1 saturated heterocycles. The number of para-hydroxylation sites is 1. The Kier molecular flexibility index (Phi) is 3.38. The van der Waals surface area contributed by atoms with Crippen molar-refractivity contribution in [2.75, 3.05) is 36.9 Å². The molecule has 0 unspecified atom stereocenters. The van der Waals surface area contributed by atoms with Gasteiger partial charge >= 0.3 is 6.29 Å². The Labute approximate surface area is 136 Å². The minimum Gasteiger partial charge on any atom is -0.395 e. The lowest BCUT2D eigenvalue weighted by Gasteiger charge is -2.28. The lowest BCUT2D eigenvalue weighted by Crippen LogP contribution is -2.36. The van der Waals surface area contributed by atoms with E-state index in [4.69, 9.17) is 10.5 Å². The van der Waals surface area contributed by atoms with Crippen LogP contribution in [0.15, 0.2) is 24.3 Å². The monoisotopic (exact) mass is 336 g/mol. The van der Waals surface area contributed by atoms with Crippen LogP contribution >= 0.6 is 0 Å². The van der Waals surface area contributed by atoms with E-state index in [0.717, 1.165) is 0 Å². The molecule has 2 N–H and O–H groups in total. The molecule has 0 atom stereocenters. The summed E-state index contributed by atoms with van der Waals surface area (Å²) in [7, 11) is 0. The molecule has 0 saturated carbocycles. The number of rotatable bonds is 2. The van der Waals surface area contributed by atoms with Crippen LogP contribution in [0.2, 0.25) is 0 Å². The van der Waals surface area contributed by atoms with Gasteiger partial charge in [0.25, 0.3) is 0 Å². The lowest BCUT2D eigenvalue weighted by molar-refractivity contribution is -0.286. The molecular formula is C15H14F2N4O3. The third-order valence-electron chi connectivity index (χ3n) is 3.77. The number of aromatic nitrogens is 2. The summed E-state index contributed by atoms with van der Waals surface area (Å²) in [4.78, 5) is 10.4. The number of halogens is 2. The normalized spacial score (nSPS) is 18.7. The molecule has 1 aromatic heterocycles. The van der Waals surface area contributed by atoms with E-state index >= 15 is 0 Å². The first-order valence-corrected chi connectivity index (χ1v) is 7.38. The predicted molar refractivity (Wildman–Crippen MR) is 81.1 cm³/mol.